The molecule has 1 aromatic rings. The molecule has 4 aliphatic rings. The van der Waals surface area contributed by atoms with E-state index < -0.39 is 11.5 Å². The van der Waals surface area contributed by atoms with E-state index in [0.717, 1.165) is 38.5 Å². The quantitative estimate of drug-likeness (QED) is 0.627. The number of nitrogens with one attached hydrogen (secondary N) is 2. The van der Waals surface area contributed by atoms with Crippen LogP contribution in [0.5, 0.6) is 0 Å². The van der Waals surface area contributed by atoms with Gasteiger partial charge in [0.15, 0.2) is 0 Å². The van der Waals surface area contributed by atoms with Gasteiger partial charge < -0.3 is 21.5 Å². The molecule has 4 aliphatic carbocycles. The van der Waals surface area contributed by atoms with Gasteiger partial charge in [-0.25, -0.2) is 4.98 Å². The molecular weight excluding hydrogens is 318 g/mol. The number of primary amides is 1. The smallest absolute Gasteiger partial charge is 0.254 e. The van der Waals surface area contributed by atoms with Crippen LogP contribution in [-0.4, -0.2) is 38.2 Å². The van der Waals surface area contributed by atoms with E-state index in [0.29, 0.717) is 23.2 Å². The van der Waals surface area contributed by atoms with Gasteiger partial charge >= 0.3 is 0 Å². The van der Waals surface area contributed by atoms with E-state index in [9.17, 15) is 9.90 Å². The summed E-state index contributed by atoms with van der Waals surface area (Å²) in [4.78, 5) is 20.6. The fourth-order valence-electron chi connectivity index (χ4n) is 4.25. The van der Waals surface area contributed by atoms with Crippen molar-refractivity contribution in [2.24, 2.45) is 11.7 Å². The zero-order valence-electron chi connectivity index (χ0n) is 14.7. The maximum Gasteiger partial charge on any atom is 0.254 e. The first-order valence-corrected chi connectivity index (χ1v) is 9.32. The van der Waals surface area contributed by atoms with Gasteiger partial charge in [-0.05, 0) is 64.2 Å². The van der Waals surface area contributed by atoms with Gasteiger partial charge in [-0.15, -0.1) is 0 Å². The van der Waals surface area contributed by atoms with Crippen LogP contribution in [0.4, 0.5) is 11.8 Å². The summed E-state index contributed by atoms with van der Waals surface area (Å²) >= 11 is 0. The van der Waals surface area contributed by atoms with Crippen molar-refractivity contribution in [3.05, 3.63) is 11.8 Å². The first kappa shape index (κ1) is 16.6. The van der Waals surface area contributed by atoms with Gasteiger partial charge in [0.25, 0.3) is 5.91 Å². The van der Waals surface area contributed by atoms with Gasteiger partial charge in [-0.1, -0.05) is 0 Å². The zero-order chi connectivity index (χ0) is 17.7. The van der Waals surface area contributed by atoms with Crippen LogP contribution in [0.3, 0.4) is 0 Å². The van der Waals surface area contributed by atoms with Crippen LogP contribution in [0.2, 0.25) is 0 Å². The largest absolute Gasteiger partial charge is 0.390 e. The Kier molecular flexibility index (Phi) is 3.86. The molecule has 0 spiro atoms. The molecule has 0 radical (unpaired) electrons. The molecule has 1 unspecified atom stereocenters. The number of hydrogen-bond donors (Lipinski definition) is 4. The van der Waals surface area contributed by atoms with Crippen molar-refractivity contribution in [2.75, 3.05) is 10.6 Å². The number of anilines is 2. The van der Waals surface area contributed by atoms with Crippen LogP contribution in [0, 0.1) is 5.92 Å². The third-order valence-corrected chi connectivity index (χ3v) is 6.33. The molecule has 1 amide bonds. The number of carbonyl (C=O) groups is 1. The van der Waals surface area contributed by atoms with E-state index in [1.165, 1.54) is 19.0 Å². The highest BCUT2D eigenvalue weighted by atomic mass is 16.3. The van der Waals surface area contributed by atoms with Crippen molar-refractivity contribution < 1.29 is 9.90 Å². The predicted octanol–water partition coefficient (Wildman–Crippen LogP) is 2.04. The minimum Gasteiger partial charge on any atom is -0.390 e. The fourth-order valence-corrected chi connectivity index (χ4v) is 4.25. The van der Waals surface area contributed by atoms with Crippen molar-refractivity contribution in [1.29, 1.82) is 0 Å². The predicted molar refractivity (Wildman–Crippen MR) is 95.4 cm³/mol. The Bertz CT molecular complexity index is 664. The summed E-state index contributed by atoms with van der Waals surface area (Å²) in [5.41, 5.74) is 5.30. The minimum absolute atomic E-state index is 0.0436. The summed E-state index contributed by atoms with van der Waals surface area (Å²) in [5.74, 6) is 1.17. The summed E-state index contributed by atoms with van der Waals surface area (Å²) < 4.78 is 0. The standard InChI is InChI=1S/C18H27N5O2/c1-11(12-2-3-12)21-15-13(14(19)24)10-20-16(22-15)23-17-4-7-18(25,8-5-17)9-6-17/h10-12,25H,2-9H2,1H3,(H2,19,24)(H2,20,21,22,23). The molecule has 0 aliphatic heterocycles. The van der Waals surface area contributed by atoms with Gasteiger partial charge in [0.1, 0.15) is 5.82 Å². The van der Waals surface area contributed by atoms with Crippen LogP contribution in [0.1, 0.15) is 68.6 Å². The molecule has 25 heavy (non-hydrogen) atoms. The lowest BCUT2D eigenvalue weighted by Crippen LogP contribution is -2.54. The van der Waals surface area contributed by atoms with Gasteiger partial charge in [-0.3, -0.25) is 4.79 Å². The van der Waals surface area contributed by atoms with E-state index in [-0.39, 0.29) is 11.6 Å². The summed E-state index contributed by atoms with van der Waals surface area (Å²) in [6, 6.07) is 0.262. The average molecular weight is 345 g/mol. The highest BCUT2D eigenvalue weighted by molar-refractivity contribution is 5.97. The second-order valence-corrected chi connectivity index (χ2v) is 8.22. The lowest BCUT2D eigenvalue weighted by Gasteiger charge is -2.51. The number of aliphatic hydroxyl groups is 1. The molecule has 1 atom stereocenters. The number of carbonyl (C=O) groups excluding carboxylic acids is 1. The molecule has 4 saturated carbocycles. The summed E-state index contributed by atoms with van der Waals surface area (Å²) in [5, 5.41) is 17.2. The monoisotopic (exact) mass is 345 g/mol. The highest BCUT2D eigenvalue weighted by Gasteiger charge is 2.48. The topological polar surface area (TPSA) is 113 Å². The van der Waals surface area contributed by atoms with E-state index >= 15 is 0 Å². The lowest BCUT2D eigenvalue weighted by atomic mass is 9.63. The van der Waals surface area contributed by atoms with Crippen molar-refractivity contribution in [3.63, 3.8) is 0 Å². The molecule has 7 heteroatoms. The lowest BCUT2D eigenvalue weighted by molar-refractivity contribution is -0.0581. The third-order valence-electron chi connectivity index (χ3n) is 6.33. The van der Waals surface area contributed by atoms with Crippen molar-refractivity contribution in [2.45, 2.75) is 75.5 Å². The molecule has 7 nitrogen and oxygen atoms in total. The number of aromatic nitrogens is 2. The summed E-state index contributed by atoms with van der Waals surface area (Å²) in [7, 11) is 0. The highest BCUT2D eigenvalue weighted by Crippen LogP contribution is 2.48. The van der Waals surface area contributed by atoms with Gasteiger partial charge in [0.05, 0.1) is 11.2 Å². The van der Waals surface area contributed by atoms with E-state index in [4.69, 9.17) is 5.73 Å². The normalized spacial score (nSPS) is 32.2. The number of nitrogens with two attached hydrogens (primary N) is 1. The Morgan fingerprint density at radius 1 is 1.28 bits per heavy atom. The maximum atomic E-state index is 11.7. The molecule has 2 bridgehead atoms. The van der Waals surface area contributed by atoms with Crippen LogP contribution >= 0.6 is 0 Å². The molecule has 0 saturated heterocycles. The molecule has 5 rings (SSSR count). The Morgan fingerprint density at radius 2 is 1.92 bits per heavy atom. The number of rotatable bonds is 6. The van der Waals surface area contributed by atoms with Gasteiger partial charge in [0, 0.05) is 17.8 Å². The van der Waals surface area contributed by atoms with Gasteiger partial charge in [0.2, 0.25) is 5.95 Å². The zero-order valence-corrected chi connectivity index (χ0v) is 14.7. The Labute approximate surface area is 147 Å². The van der Waals surface area contributed by atoms with Crippen LogP contribution < -0.4 is 16.4 Å². The first-order chi connectivity index (χ1) is 11.9. The molecular formula is C18H27N5O2. The van der Waals surface area contributed by atoms with Crippen molar-refractivity contribution in [3.8, 4) is 0 Å². The maximum absolute atomic E-state index is 11.7. The molecule has 4 fully saturated rings. The second kappa shape index (κ2) is 5.83. The fraction of sp³-hybridized carbons (Fsp3) is 0.722. The van der Waals surface area contributed by atoms with Crippen molar-refractivity contribution >= 4 is 17.7 Å². The third kappa shape index (κ3) is 3.29. The number of fused-ring (bicyclic) bond motifs is 3. The summed E-state index contributed by atoms with van der Waals surface area (Å²) in [6.45, 7) is 2.11. The van der Waals surface area contributed by atoms with Crippen molar-refractivity contribution in [1.82, 2.24) is 9.97 Å². The van der Waals surface area contributed by atoms with E-state index in [1.54, 1.807) is 0 Å². The van der Waals surface area contributed by atoms with E-state index in [2.05, 4.69) is 27.5 Å². The second-order valence-electron chi connectivity index (χ2n) is 8.22. The van der Waals surface area contributed by atoms with Crippen LogP contribution in [0.15, 0.2) is 6.20 Å². The van der Waals surface area contributed by atoms with E-state index in [1.807, 2.05) is 0 Å². The van der Waals surface area contributed by atoms with Gasteiger partial charge in [-0.2, -0.15) is 4.98 Å². The SMILES string of the molecule is CC(Nc1nc(NC23CCC(O)(CC2)CC3)ncc1C(N)=O)C1CC1. The Hall–Kier alpha value is -1.89. The molecule has 0 aromatic carbocycles. The number of amides is 1. The Balaban J connectivity index is 1.54. The van der Waals surface area contributed by atoms with Crippen LogP contribution in [0.25, 0.3) is 0 Å². The molecule has 136 valence electrons. The number of nitrogens with zero attached hydrogens (tertiary/aromatic N) is 2. The summed E-state index contributed by atoms with van der Waals surface area (Å²) in [6.07, 6.45) is 9.17. The minimum atomic E-state index is -0.518. The van der Waals surface area contributed by atoms with Crippen LogP contribution in [-0.2, 0) is 0 Å². The number of hydrogen-bond acceptors (Lipinski definition) is 6. The average Bonchev–Trinajstić information content (AvgIpc) is 3.41. The molecule has 1 heterocycles. The molecule has 1 aromatic heterocycles. The first-order valence-electron chi connectivity index (χ1n) is 9.32. The Morgan fingerprint density at radius 3 is 2.48 bits per heavy atom. The molecule has 5 N–H and O–H groups in total.